The van der Waals surface area contributed by atoms with E-state index < -0.39 is 0 Å². The number of nitro benzene ring substituents is 1. The molecule has 1 unspecified atom stereocenters. The van der Waals surface area contributed by atoms with Gasteiger partial charge in [-0.25, -0.2) is 0 Å². The van der Waals surface area contributed by atoms with E-state index in [0.717, 1.165) is 29.4 Å². The monoisotopic (exact) mass is 300 g/mol. The van der Waals surface area contributed by atoms with Crippen LogP contribution in [0, 0.1) is 10.1 Å². The molecule has 5 heteroatoms. The minimum absolute atomic E-state index is 0.120. The Morgan fingerprint density at radius 3 is 2.76 bits per heavy atom. The van der Waals surface area contributed by atoms with Gasteiger partial charge in [0.2, 0.25) is 0 Å². The lowest BCUT2D eigenvalue weighted by Gasteiger charge is -2.14. The van der Waals surface area contributed by atoms with Crippen molar-refractivity contribution in [3.8, 4) is 0 Å². The van der Waals surface area contributed by atoms with Gasteiger partial charge in [0.15, 0.2) is 0 Å². The van der Waals surface area contributed by atoms with Crippen LogP contribution in [0.25, 0.3) is 0 Å². The van der Waals surface area contributed by atoms with Crippen LogP contribution in [-0.4, -0.2) is 17.5 Å². The molecule has 0 saturated carbocycles. The molecule has 17 heavy (non-hydrogen) atoms. The zero-order valence-electron chi connectivity index (χ0n) is 10.1. The van der Waals surface area contributed by atoms with Crippen molar-refractivity contribution in [2.24, 2.45) is 0 Å². The molecule has 0 bridgehead atoms. The molecule has 0 aliphatic heterocycles. The Morgan fingerprint density at radius 1 is 1.53 bits per heavy atom. The SMILES string of the molecule is CCCNC(C)Cc1ccc([N+](=O)[O-])cc1Br. The molecule has 0 amide bonds. The molecule has 1 rings (SSSR count). The highest BCUT2D eigenvalue weighted by atomic mass is 79.9. The van der Waals surface area contributed by atoms with Crippen molar-refractivity contribution >= 4 is 21.6 Å². The molecular weight excluding hydrogens is 284 g/mol. The Bertz CT molecular complexity index is 396. The maximum atomic E-state index is 10.6. The summed E-state index contributed by atoms with van der Waals surface area (Å²) >= 11 is 3.38. The second kappa shape index (κ2) is 6.71. The van der Waals surface area contributed by atoms with Gasteiger partial charge in [0.1, 0.15) is 0 Å². The summed E-state index contributed by atoms with van der Waals surface area (Å²) in [6, 6.07) is 5.29. The third kappa shape index (κ3) is 4.44. The molecule has 1 aromatic rings. The number of nitrogens with zero attached hydrogens (tertiary/aromatic N) is 1. The first-order valence-corrected chi connectivity index (χ1v) is 6.50. The number of non-ortho nitro benzene ring substituents is 1. The summed E-state index contributed by atoms with van der Waals surface area (Å²) in [7, 11) is 0. The average molecular weight is 301 g/mol. The van der Waals surface area contributed by atoms with E-state index in [2.05, 4.69) is 35.1 Å². The van der Waals surface area contributed by atoms with Crippen molar-refractivity contribution in [2.75, 3.05) is 6.54 Å². The standard InChI is InChI=1S/C12H17BrN2O2/c1-3-6-14-9(2)7-10-4-5-11(15(16)17)8-12(10)13/h4-5,8-9,14H,3,6-7H2,1-2H3. The highest BCUT2D eigenvalue weighted by Gasteiger charge is 2.11. The van der Waals surface area contributed by atoms with Gasteiger partial charge in [-0.3, -0.25) is 10.1 Å². The largest absolute Gasteiger partial charge is 0.314 e. The average Bonchev–Trinajstić information content (AvgIpc) is 2.28. The fourth-order valence-electron chi connectivity index (χ4n) is 1.61. The van der Waals surface area contributed by atoms with Crippen LogP contribution < -0.4 is 5.32 Å². The molecule has 0 saturated heterocycles. The predicted octanol–water partition coefficient (Wildman–Crippen LogP) is 3.29. The van der Waals surface area contributed by atoms with Gasteiger partial charge in [0.25, 0.3) is 5.69 Å². The predicted molar refractivity (Wildman–Crippen MR) is 72.3 cm³/mol. The summed E-state index contributed by atoms with van der Waals surface area (Å²) < 4.78 is 0.803. The van der Waals surface area contributed by atoms with E-state index in [4.69, 9.17) is 0 Å². The first-order valence-electron chi connectivity index (χ1n) is 5.70. The second-order valence-electron chi connectivity index (χ2n) is 4.09. The van der Waals surface area contributed by atoms with Crippen LogP contribution in [0.15, 0.2) is 22.7 Å². The van der Waals surface area contributed by atoms with Crippen LogP contribution >= 0.6 is 15.9 Å². The third-order valence-corrected chi connectivity index (χ3v) is 3.25. The van der Waals surface area contributed by atoms with Gasteiger partial charge < -0.3 is 5.32 Å². The van der Waals surface area contributed by atoms with Crippen molar-refractivity contribution in [3.63, 3.8) is 0 Å². The van der Waals surface area contributed by atoms with Gasteiger partial charge in [-0.1, -0.05) is 28.9 Å². The number of nitro groups is 1. The molecule has 1 aromatic carbocycles. The summed E-state index contributed by atoms with van der Waals surface area (Å²) in [6.45, 7) is 5.23. The van der Waals surface area contributed by atoms with Crippen molar-refractivity contribution in [2.45, 2.75) is 32.7 Å². The van der Waals surface area contributed by atoms with Gasteiger partial charge in [-0.15, -0.1) is 0 Å². The lowest BCUT2D eigenvalue weighted by atomic mass is 10.1. The van der Waals surface area contributed by atoms with Crippen molar-refractivity contribution in [1.29, 1.82) is 0 Å². The van der Waals surface area contributed by atoms with Crippen molar-refractivity contribution in [1.82, 2.24) is 5.32 Å². The number of hydrogen-bond donors (Lipinski definition) is 1. The Hall–Kier alpha value is -0.940. The number of rotatable bonds is 6. The quantitative estimate of drug-likeness (QED) is 0.648. The first kappa shape index (κ1) is 14.1. The molecule has 1 N–H and O–H groups in total. The van der Waals surface area contributed by atoms with E-state index >= 15 is 0 Å². The Labute approximate surface area is 110 Å². The number of hydrogen-bond acceptors (Lipinski definition) is 3. The molecule has 1 atom stereocenters. The molecule has 0 aliphatic carbocycles. The Balaban J connectivity index is 2.69. The van der Waals surface area contributed by atoms with Gasteiger partial charge in [0.05, 0.1) is 4.92 Å². The molecule has 0 radical (unpaired) electrons. The van der Waals surface area contributed by atoms with E-state index in [9.17, 15) is 10.1 Å². The highest BCUT2D eigenvalue weighted by molar-refractivity contribution is 9.10. The van der Waals surface area contributed by atoms with Crippen molar-refractivity contribution in [3.05, 3.63) is 38.3 Å². The summed E-state index contributed by atoms with van der Waals surface area (Å²) in [5.74, 6) is 0. The summed E-state index contributed by atoms with van der Waals surface area (Å²) in [5, 5.41) is 14.0. The minimum atomic E-state index is -0.382. The van der Waals surface area contributed by atoms with Crippen LogP contribution in [0.1, 0.15) is 25.8 Å². The second-order valence-corrected chi connectivity index (χ2v) is 4.95. The summed E-state index contributed by atoms with van der Waals surface area (Å²) in [4.78, 5) is 10.2. The highest BCUT2D eigenvalue weighted by Crippen LogP contribution is 2.23. The van der Waals surface area contributed by atoms with Crippen LogP contribution in [0.4, 0.5) is 5.69 Å². The van der Waals surface area contributed by atoms with Crippen LogP contribution in [0.2, 0.25) is 0 Å². The maximum Gasteiger partial charge on any atom is 0.270 e. The number of nitrogens with one attached hydrogen (secondary N) is 1. The molecule has 0 heterocycles. The zero-order valence-corrected chi connectivity index (χ0v) is 11.7. The first-order chi connectivity index (χ1) is 8.04. The van der Waals surface area contributed by atoms with E-state index in [-0.39, 0.29) is 10.6 Å². The van der Waals surface area contributed by atoms with Gasteiger partial charge in [-0.05, 0) is 31.9 Å². The minimum Gasteiger partial charge on any atom is -0.314 e. The lowest BCUT2D eigenvalue weighted by Crippen LogP contribution is -2.28. The van der Waals surface area contributed by atoms with E-state index in [0.29, 0.717) is 6.04 Å². The molecule has 0 spiro atoms. The zero-order chi connectivity index (χ0) is 12.8. The fourth-order valence-corrected chi connectivity index (χ4v) is 2.14. The van der Waals surface area contributed by atoms with Crippen LogP contribution in [0.3, 0.4) is 0 Å². The summed E-state index contributed by atoms with van der Waals surface area (Å²) in [6.07, 6.45) is 1.96. The van der Waals surface area contributed by atoms with Crippen molar-refractivity contribution < 1.29 is 4.92 Å². The molecule has 0 aliphatic rings. The van der Waals surface area contributed by atoms with Gasteiger partial charge in [-0.2, -0.15) is 0 Å². The molecule has 94 valence electrons. The molecule has 4 nitrogen and oxygen atoms in total. The van der Waals surface area contributed by atoms with Gasteiger partial charge in [0, 0.05) is 22.6 Å². The molecule has 0 aromatic heterocycles. The Morgan fingerprint density at radius 2 is 2.24 bits per heavy atom. The van der Waals surface area contributed by atoms with Crippen LogP contribution in [0.5, 0.6) is 0 Å². The van der Waals surface area contributed by atoms with E-state index in [1.165, 1.54) is 0 Å². The fraction of sp³-hybridized carbons (Fsp3) is 0.500. The maximum absolute atomic E-state index is 10.6. The smallest absolute Gasteiger partial charge is 0.270 e. The number of halogens is 1. The van der Waals surface area contributed by atoms with Crippen LogP contribution in [-0.2, 0) is 6.42 Å². The third-order valence-electron chi connectivity index (χ3n) is 2.52. The topological polar surface area (TPSA) is 55.2 Å². The Kier molecular flexibility index (Phi) is 5.58. The van der Waals surface area contributed by atoms with E-state index in [1.807, 2.05) is 6.07 Å². The number of benzene rings is 1. The normalized spacial score (nSPS) is 12.4. The van der Waals surface area contributed by atoms with Gasteiger partial charge >= 0.3 is 0 Å². The lowest BCUT2D eigenvalue weighted by molar-refractivity contribution is -0.384. The molecule has 0 fully saturated rings. The van der Waals surface area contributed by atoms with E-state index in [1.54, 1.807) is 12.1 Å². The molecular formula is C12H17BrN2O2. The summed E-state index contributed by atoms with van der Waals surface area (Å²) in [5.41, 5.74) is 1.21.